The first-order valence-corrected chi connectivity index (χ1v) is 8.09. The molecule has 1 amide bonds. The van der Waals surface area contributed by atoms with Crippen LogP contribution in [0.4, 0.5) is 11.4 Å². The quantitative estimate of drug-likeness (QED) is 0.376. The minimum Gasteiger partial charge on any atom is -0.320 e. The monoisotopic (exact) mass is 306 g/mol. The number of hydrogen-bond acceptors (Lipinski definition) is 3. The Bertz CT molecular complexity index is 501. The third kappa shape index (κ3) is 6.70. The minimum atomic E-state index is -0.462. The number of amides is 1. The van der Waals surface area contributed by atoms with Crippen molar-refractivity contribution in [1.82, 2.24) is 0 Å². The molecule has 0 fully saturated rings. The summed E-state index contributed by atoms with van der Waals surface area (Å²) in [6.07, 6.45) is 8.42. The molecular formula is C17H26N2O3. The Morgan fingerprint density at radius 1 is 1.14 bits per heavy atom. The molecular weight excluding hydrogens is 280 g/mol. The minimum absolute atomic E-state index is 0.0482. The highest BCUT2D eigenvalue weighted by Crippen LogP contribution is 2.25. The molecule has 1 aromatic rings. The van der Waals surface area contributed by atoms with Crippen molar-refractivity contribution in [1.29, 1.82) is 0 Å². The molecule has 5 nitrogen and oxygen atoms in total. The Morgan fingerprint density at radius 2 is 1.77 bits per heavy atom. The standard InChI is InChI=1S/C17H26N2O3/c1-3-4-5-6-7-8-9-10-17(20)18-15-12-11-14(2)13-16(15)19(21)22/h11-13H,3-10H2,1-2H3,(H,18,20). The summed E-state index contributed by atoms with van der Waals surface area (Å²) in [6.45, 7) is 3.98. The topological polar surface area (TPSA) is 72.2 Å². The number of nitro benzene ring substituents is 1. The zero-order chi connectivity index (χ0) is 16.4. The summed E-state index contributed by atoms with van der Waals surface area (Å²) in [5.41, 5.74) is 1.04. The molecule has 122 valence electrons. The van der Waals surface area contributed by atoms with Gasteiger partial charge in [0.25, 0.3) is 5.69 Å². The van der Waals surface area contributed by atoms with Crippen LogP contribution >= 0.6 is 0 Å². The number of nitrogens with one attached hydrogen (secondary N) is 1. The molecule has 0 heterocycles. The molecule has 0 saturated heterocycles. The van der Waals surface area contributed by atoms with Gasteiger partial charge in [-0.3, -0.25) is 14.9 Å². The van der Waals surface area contributed by atoms with E-state index in [9.17, 15) is 14.9 Å². The first kappa shape index (κ1) is 18.1. The average molecular weight is 306 g/mol. The predicted octanol–water partition coefficient (Wildman–Crippen LogP) is 4.98. The molecule has 0 atom stereocenters. The van der Waals surface area contributed by atoms with Gasteiger partial charge in [-0.1, -0.05) is 51.5 Å². The van der Waals surface area contributed by atoms with Crippen LogP contribution in [-0.2, 0) is 4.79 Å². The molecule has 0 unspecified atom stereocenters. The number of anilines is 1. The molecule has 0 spiro atoms. The summed E-state index contributed by atoms with van der Waals surface area (Å²) in [5, 5.41) is 13.6. The van der Waals surface area contributed by atoms with Crippen molar-refractivity contribution >= 4 is 17.3 Å². The molecule has 0 bridgehead atoms. The maximum Gasteiger partial charge on any atom is 0.293 e. The SMILES string of the molecule is CCCCCCCCCC(=O)Nc1ccc(C)cc1[N+](=O)[O-]. The van der Waals surface area contributed by atoms with E-state index in [0.717, 1.165) is 24.8 Å². The van der Waals surface area contributed by atoms with Crippen LogP contribution in [0.5, 0.6) is 0 Å². The number of aryl methyl sites for hydroxylation is 1. The lowest BCUT2D eigenvalue weighted by Gasteiger charge is -2.07. The van der Waals surface area contributed by atoms with E-state index in [1.54, 1.807) is 19.1 Å². The van der Waals surface area contributed by atoms with Crippen LogP contribution in [0, 0.1) is 17.0 Å². The van der Waals surface area contributed by atoms with E-state index < -0.39 is 4.92 Å². The second-order valence-electron chi connectivity index (χ2n) is 5.70. The van der Waals surface area contributed by atoms with Crippen molar-refractivity contribution in [2.24, 2.45) is 0 Å². The van der Waals surface area contributed by atoms with E-state index in [-0.39, 0.29) is 17.3 Å². The highest BCUT2D eigenvalue weighted by atomic mass is 16.6. The second-order valence-corrected chi connectivity index (χ2v) is 5.70. The largest absolute Gasteiger partial charge is 0.320 e. The summed E-state index contributed by atoms with van der Waals surface area (Å²) < 4.78 is 0. The highest BCUT2D eigenvalue weighted by Gasteiger charge is 2.15. The van der Waals surface area contributed by atoms with Crippen molar-refractivity contribution in [2.45, 2.75) is 65.2 Å². The fourth-order valence-electron chi connectivity index (χ4n) is 2.35. The van der Waals surface area contributed by atoms with E-state index >= 15 is 0 Å². The molecule has 5 heteroatoms. The van der Waals surface area contributed by atoms with Gasteiger partial charge in [0, 0.05) is 12.5 Å². The lowest BCUT2D eigenvalue weighted by Crippen LogP contribution is -2.12. The molecule has 1 N–H and O–H groups in total. The molecule has 0 radical (unpaired) electrons. The Kier molecular flexibility index (Phi) is 8.18. The molecule has 22 heavy (non-hydrogen) atoms. The van der Waals surface area contributed by atoms with Crippen LogP contribution < -0.4 is 5.32 Å². The van der Waals surface area contributed by atoms with E-state index in [2.05, 4.69) is 12.2 Å². The van der Waals surface area contributed by atoms with Crippen LogP contribution in [0.2, 0.25) is 0 Å². The Balaban J connectivity index is 2.35. The van der Waals surface area contributed by atoms with Crippen LogP contribution in [0.25, 0.3) is 0 Å². The average Bonchev–Trinajstić information content (AvgIpc) is 2.48. The van der Waals surface area contributed by atoms with Gasteiger partial charge in [0.05, 0.1) is 4.92 Å². The van der Waals surface area contributed by atoms with E-state index in [0.29, 0.717) is 6.42 Å². The summed E-state index contributed by atoms with van der Waals surface area (Å²) in [5.74, 6) is -0.152. The van der Waals surface area contributed by atoms with Crippen molar-refractivity contribution in [3.8, 4) is 0 Å². The number of unbranched alkanes of at least 4 members (excludes halogenated alkanes) is 6. The number of rotatable bonds is 10. The third-order valence-electron chi connectivity index (χ3n) is 3.63. The number of benzene rings is 1. The van der Waals surface area contributed by atoms with Crippen LogP contribution in [0.1, 0.15) is 63.9 Å². The van der Waals surface area contributed by atoms with Crippen molar-refractivity contribution in [2.75, 3.05) is 5.32 Å². The van der Waals surface area contributed by atoms with Gasteiger partial charge in [-0.2, -0.15) is 0 Å². The molecule has 0 aliphatic carbocycles. The lowest BCUT2D eigenvalue weighted by atomic mass is 10.1. The van der Waals surface area contributed by atoms with Gasteiger partial charge in [-0.15, -0.1) is 0 Å². The van der Waals surface area contributed by atoms with Crippen molar-refractivity contribution < 1.29 is 9.72 Å². The Hall–Kier alpha value is -1.91. The zero-order valence-electron chi connectivity index (χ0n) is 13.6. The Labute approximate surface area is 132 Å². The van der Waals surface area contributed by atoms with Gasteiger partial charge in [-0.25, -0.2) is 0 Å². The van der Waals surface area contributed by atoms with E-state index in [4.69, 9.17) is 0 Å². The van der Waals surface area contributed by atoms with Gasteiger partial charge in [0.15, 0.2) is 0 Å². The van der Waals surface area contributed by atoms with Gasteiger partial charge >= 0.3 is 0 Å². The van der Waals surface area contributed by atoms with Gasteiger partial charge < -0.3 is 5.32 Å². The van der Waals surface area contributed by atoms with Crippen LogP contribution in [0.3, 0.4) is 0 Å². The Morgan fingerprint density at radius 3 is 2.41 bits per heavy atom. The first-order valence-electron chi connectivity index (χ1n) is 8.09. The lowest BCUT2D eigenvalue weighted by molar-refractivity contribution is -0.384. The maximum atomic E-state index is 11.9. The fraction of sp³-hybridized carbons (Fsp3) is 0.588. The van der Waals surface area contributed by atoms with Crippen LogP contribution in [0.15, 0.2) is 18.2 Å². The van der Waals surface area contributed by atoms with E-state index in [1.165, 1.54) is 31.7 Å². The molecule has 1 rings (SSSR count). The predicted molar refractivity (Wildman–Crippen MR) is 89.1 cm³/mol. The highest BCUT2D eigenvalue weighted by molar-refractivity contribution is 5.93. The fourth-order valence-corrected chi connectivity index (χ4v) is 2.35. The van der Waals surface area contributed by atoms with E-state index in [1.807, 2.05) is 0 Å². The van der Waals surface area contributed by atoms with Crippen LogP contribution in [-0.4, -0.2) is 10.8 Å². The molecule has 0 aromatic heterocycles. The summed E-state index contributed by atoms with van der Waals surface area (Å²) in [6, 6.07) is 4.83. The molecule has 0 aliphatic rings. The van der Waals surface area contributed by atoms with Crippen molar-refractivity contribution in [3.63, 3.8) is 0 Å². The van der Waals surface area contributed by atoms with Crippen molar-refractivity contribution in [3.05, 3.63) is 33.9 Å². The first-order chi connectivity index (χ1) is 10.5. The summed E-state index contributed by atoms with van der Waals surface area (Å²) in [4.78, 5) is 22.4. The summed E-state index contributed by atoms with van der Waals surface area (Å²) in [7, 11) is 0. The molecule has 1 aromatic carbocycles. The van der Waals surface area contributed by atoms with Gasteiger partial charge in [0.2, 0.25) is 5.91 Å². The number of hydrogen-bond donors (Lipinski definition) is 1. The van der Waals surface area contributed by atoms with Gasteiger partial charge in [0.1, 0.15) is 5.69 Å². The second kappa shape index (κ2) is 9.92. The maximum absolute atomic E-state index is 11.9. The third-order valence-corrected chi connectivity index (χ3v) is 3.63. The molecule has 0 aliphatic heterocycles. The zero-order valence-corrected chi connectivity index (χ0v) is 13.6. The number of nitrogens with zero attached hydrogens (tertiary/aromatic N) is 1. The summed E-state index contributed by atoms with van der Waals surface area (Å²) >= 11 is 0. The number of nitro groups is 1. The number of carbonyl (C=O) groups is 1. The molecule has 0 saturated carbocycles. The van der Waals surface area contributed by atoms with Gasteiger partial charge in [-0.05, 0) is 25.0 Å². The smallest absolute Gasteiger partial charge is 0.293 e. The normalized spacial score (nSPS) is 10.5. The number of carbonyl (C=O) groups excluding carboxylic acids is 1.